The molecule has 3 heteroatoms. The van der Waals surface area contributed by atoms with Crippen molar-refractivity contribution >= 4 is 86.4 Å². The summed E-state index contributed by atoms with van der Waals surface area (Å²) in [7, 11) is 0. The van der Waals surface area contributed by atoms with Crippen molar-refractivity contribution in [3.05, 3.63) is 224 Å². The monoisotopic (exact) mass is 823 g/mol. The van der Waals surface area contributed by atoms with Crippen molar-refractivity contribution in [3.8, 4) is 50.7 Å². The van der Waals surface area contributed by atoms with E-state index in [4.69, 9.17) is 9.97 Å². The van der Waals surface area contributed by atoms with Gasteiger partial charge < -0.3 is 4.57 Å². The van der Waals surface area contributed by atoms with E-state index >= 15 is 0 Å². The quantitative estimate of drug-likeness (QED) is 0.162. The molecule has 0 aliphatic carbocycles. The summed E-state index contributed by atoms with van der Waals surface area (Å²) in [5, 5.41) is 17.5. The van der Waals surface area contributed by atoms with E-state index in [0.717, 1.165) is 55.9 Å². The fraction of sp³-hybridized carbons (Fsp3) is 0. The number of benzene rings is 12. The molecule has 14 rings (SSSR count). The molecule has 65 heavy (non-hydrogen) atoms. The van der Waals surface area contributed by atoms with E-state index < -0.39 is 0 Å². The Labute approximate surface area is 374 Å². The molecule has 3 nitrogen and oxygen atoms in total. The molecule has 0 saturated heterocycles. The first-order valence-corrected chi connectivity index (χ1v) is 22.3. The van der Waals surface area contributed by atoms with Crippen LogP contribution in [0, 0.1) is 0 Å². The van der Waals surface area contributed by atoms with Gasteiger partial charge >= 0.3 is 0 Å². The van der Waals surface area contributed by atoms with E-state index in [-0.39, 0.29) is 0 Å². The fourth-order valence-electron chi connectivity index (χ4n) is 10.8. The molecular formula is C62H37N3. The third kappa shape index (κ3) is 5.49. The first-order chi connectivity index (χ1) is 32.2. The fourth-order valence-corrected chi connectivity index (χ4v) is 10.8. The number of fused-ring (bicyclic) bond motifs is 9. The Morgan fingerprint density at radius 3 is 1.49 bits per heavy atom. The molecule has 2 aromatic heterocycles. The third-order valence-corrected chi connectivity index (χ3v) is 13.7. The van der Waals surface area contributed by atoms with Crippen LogP contribution in [0.25, 0.3) is 137 Å². The zero-order valence-corrected chi connectivity index (χ0v) is 35.2. The molecule has 0 radical (unpaired) electrons. The highest BCUT2D eigenvalue weighted by molar-refractivity contribution is 6.27. The molecule has 0 unspecified atom stereocenters. The van der Waals surface area contributed by atoms with Gasteiger partial charge in [0, 0.05) is 33.2 Å². The van der Waals surface area contributed by atoms with Gasteiger partial charge in [-0.3, -0.25) is 0 Å². The molecule has 14 aromatic rings. The van der Waals surface area contributed by atoms with Crippen LogP contribution in [0.5, 0.6) is 0 Å². The molecule has 12 aromatic carbocycles. The molecule has 0 aliphatic heterocycles. The molecule has 0 saturated carbocycles. The summed E-state index contributed by atoms with van der Waals surface area (Å²) in [5.41, 5.74) is 10.5. The van der Waals surface area contributed by atoms with Crippen molar-refractivity contribution in [2.24, 2.45) is 0 Å². The van der Waals surface area contributed by atoms with Gasteiger partial charge in [0.1, 0.15) is 0 Å². The standard InChI is InChI=1S/C62H37N3/c1-2-13-41(14-3-1)62-63-56(37-57(64-62)51-31-27-40-26-25-38-15-12-16-39-28-32-54(51)61(40)60(38)39)44-33-43(34-45(35-44)65-58-23-10-8-21-52(58)53-22-9-11-24-59(53)65)42-29-30-50-48-19-5-4-17-46(48)47-18-6-7-20-49(47)55(50)36-42/h1-37H. The first-order valence-electron chi connectivity index (χ1n) is 22.3. The van der Waals surface area contributed by atoms with Crippen LogP contribution >= 0.6 is 0 Å². The Bertz CT molecular complexity index is 4130. The highest BCUT2D eigenvalue weighted by Crippen LogP contribution is 2.43. The van der Waals surface area contributed by atoms with Gasteiger partial charge in [-0.2, -0.15) is 0 Å². The predicted molar refractivity (Wildman–Crippen MR) is 274 cm³/mol. The second-order valence-electron chi connectivity index (χ2n) is 17.3. The van der Waals surface area contributed by atoms with Crippen LogP contribution in [0.1, 0.15) is 0 Å². The van der Waals surface area contributed by atoms with Gasteiger partial charge in [-0.1, -0.05) is 182 Å². The molecule has 0 N–H and O–H groups in total. The van der Waals surface area contributed by atoms with Crippen LogP contribution in [0.15, 0.2) is 224 Å². The van der Waals surface area contributed by atoms with E-state index in [1.54, 1.807) is 0 Å². The lowest BCUT2D eigenvalue weighted by atomic mass is 9.90. The Morgan fingerprint density at radius 1 is 0.277 bits per heavy atom. The van der Waals surface area contributed by atoms with Crippen molar-refractivity contribution < 1.29 is 0 Å². The molecule has 0 atom stereocenters. The highest BCUT2D eigenvalue weighted by atomic mass is 15.0. The topological polar surface area (TPSA) is 30.7 Å². The minimum atomic E-state index is 0.691. The van der Waals surface area contributed by atoms with Crippen molar-refractivity contribution in [2.45, 2.75) is 0 Å². The van der Waals surface area contributed by atoms with Gasteiger partial charge in [0.15, 0.2) is 5.82 Å². The normalized spacial score (nSPS) is 12.0. The van der Waals surface area contributed by atoms with Crippen LogP contribution in [-0.2, 0) is 0 Å². The van der Waals surface area contributed by atoms with Crippen molar-refractivity contribution in [3.63, 3.8) is 0 Å². The first kappa shape index (κ1) is 35.9. The summed E-state index contributed by atoms with van der Waals surface area (Å²) in [6, 6.07) is 81.8. The smallest absolute Gasteiger partial charge is 0.160 e. The number of para-hydroxylation sites is 2. The lowest BCUT2D eigenvalue weighted by Crippen LogP contribution is -1.99. The predicted octanol–water partition coefficient (Wildman–Crippen LogP) is 16.6. The lowest BCUT2D eigenvalue weighted by Gasteiger charge is -2.17. The Hall–Kier alpha value is -8.66. The van der Waals surface area contributed by atoms with Crippen LogP contribution in [0.4, 0.5) is 0 Å². The zero-order chi connectivity index (χ0) is 42.6. The number of hydrogen-bond acceptors (Lipinski definition) is 2. The van der Waals surface area contributed by atoms with Crippen LogP contribution in [0.3, 0.4) is 0 Å². The third-order valence-electron chi connectivity index (χ3n) is 13.7. The van der Waals surface area contributed by atoms with Crippen molar-refractivity contribution in [1.29, 1.82) is 0 Å². The maximum Gasteiger partial charge on any atom is 0.160 e. The Kier molecular flexibility index (Phi) is 7.69. The maximum atomic E-state index is 5.45. The summed E-state index contributed by atoms with van der Waals surface area (Å²) in [5.74, 6) is 0.691. The number of nitrogens with zero attached hydrogens (tertiary/aromatic N) is 3. The second-order valence-corrected chi connectivity index (χ2v) is 17.3. The highest BCUT2D eigenvalue weighted by Gasteiger charge is 2.19. The molecule has 0 fully saturated rings. The van der Waals surface area contributed by atoms with E-state index in [9.17, 15) is 0 Å². The van der Waals surface area contributed by atoms with E-state index in [0.29, 0.717) is 5.82 Å². The Morgan fingerprint density at radius 2 is 0.800 bits per heavy atom. The van der Waals surface area contributed by atoms with Crippen LogP contribution < -0.4 is 0 Å². The van der Waals surface area contributed by atoms with Crippen molar-refractivity contribution in [2.75, 3.05) is 0 Å². The van der Waals surface area contributed by atoms with E-state index in [1.165, 1.54) is 75.4 Å². The summed E-state index contributed by atoms with van der Waals surface area (Å²) >= 11 is 0. The molecule has 300 valence electrons. The SMILES string of the molecule is c1ccc(-c2nc(-c3cc(-c4ccc5c6ccccc6c6ccccc6c5c4)cc(-n4c5ccccc5c5ccccc54)c3)cc(-c3ccc4ccc5cccc6ccc3c4c56)n2)cc1. The number of aromatic nitrogens is 3. The average Bonchev–Trinajstić information content (AvgIpc) is 3.72. The van der Waals surface area contributed by atoms with Gasteiger partial charge in [0.05, 0.1) is 22.4 Å². The summed E-state index contributed by atoms with van der Waals surface area (Å²) < 4.78 is 2.42. The molecule has 0 spiro atoms. The summed E-state index contributed by atoms with van der Waals surface area (Å²) in [6.07, 6.45) is 0. The van der Waals surface area contributed by atoms with Crippen LogP contribution in [0.2, 0.25) is 0 Å². The summed E-state index contributed by atoms with van der Waals surface area (Å²) in [6.45, 7) is 0. The molecule has 0 bridgehead atoms. The molecule has 2 heterocycles. The number of rotatable bonds is 5. The maximum absolute atomic E-state index is 5.45. The zero-order valence-electron chi connectivity index (χ0n) is 35.2. The van der Waals surface area contributed by atoms with Gasteiger partial charge in [0.25, 0.3) is 0 Å². The lowest BCUT2D eigenvalue weighted by molar-refractivity contribution is 1.17. The molecule has 0 aliphatic rings. The minimum absolute atomic E-state index is 0.691. The number of hydrogen-bond donors (Lipinski definition) is 0. The minimum Gasteiger partial charge on any atom is -0.309 e. The van der Waals surface area contributed by atoms with Gasteiger partial charge in [0.2, 0.25) is 0 Å². The largest absolute Gasteiger partial charge is 0.309 e. The van der Waals surface area contributed by atoms with Crippen LogP contribution in [-0.4, -0.2) is 14.5 Å². The van der Waals surface area contributed by atoms with Gasteiger partial charge in [-0.15, -0.1) is 0 Å². The van der Waals surface area contributed by atoms with Crippen molar-refractivity contribution in [1.82, 2.24) is 14.5 Å². The van der Waals surface area contributed by atoms with E-state index in [1.807, 2.05) is 6.07 Å². The second kappa shape index (κ2) is 13.9. The molecule has 0 amide bonds. The Balaban J connectivity index is 1.06. The van der Waals surface area contributed by atoms with Gasteiger partial charge in [-0.25, -0.2) is 9.97 Å². The average molecular weight is 824 g/mol. The van der Waals surface area contributed by atoms with E-state index in [2.05, 4.69) is 223 Å². The summed E-state index contributed by atoms with van der Waals surface area (Å²) in [4.78, 5) is 10.8. The molecular weight excluding hydrogens is 787 g/mol. The van der Waals surface area contributed by atoms with Gasteiger partial charge in [-0.05, 0) is 118 Å².